The number of aliphatic imine (C=N–C) groups is 1. The van der Waals surface area contributed by atoms with Crippen molar-refractivity contribution in [1.29, 1.82) is 0 Å². The van der Waals surface area contributed by atoms with E-state index < -0.39 is 0 Å². The summed E-state index contributed by atoms with van der Waals surface area (Å²) >= 11 is 0. The van der Waals surface area contributed by atoms with Crippen LogP contribution in [-0.2, 0) is 0 Å². The van der Waals surface area contributed by atoms with Crippen LogP contribution in [0.5, 0.6) is 5.75 Å². The van der Waals surface area contributed by atoms with Crippen LogP contribution in [0.1, 0.15) is 44.1 Å². The van der Waals surface area contributed by atoms with Gasteiger partial charge in [-0.3, -0.25) is 4.99 Å². The van der Waals surface area contributed by atoms with Gasteiger partial charge in [-0.05, 0) is 37.9 Å². The molecule has 1 aromatic carbocycles. The fourth-order valence-corrected chi connectivity index (χ4v) is 2.54. The highest BCUT2D eigenvalue weighted by Crippen LogP contribution is 2.17. The van der Waals surface area contributed by atoms with Crippen LogP contribution in [0, 0.1) is 0 Å². The van der Waals surface area contributed by atoms with Gasteiger partial charge in [0.05, 0.1) is 0 Å². The molecule has 0 bridgehead atoms. The van der Waals surface area contributed by atoms with Gasteiger partial charge in [0, 0.05) is 24.4 Å². The predicted octanol–water partition coefficient (Wildman–Crippen LogP) is 3.12. The van der Waals surface area contributed by atoms with Gasteiger partial charge in [0.2, 0.25) is 0 Å². The molecule has 3 heteroatoms. The number of hydrogen-bond donors (Lipinski definition) is 2. The molecule has 1 saturated carbocycles. The van der Waals surface area contributed by atoms with E-state index in [9.17, 15) is 5.11 Å². The molecular formula is C16H24N2O. The molecule has 3 nitrogen and oxygen atoms in total. The van der Waals surface area contributed by atoms with Crippen molar-refractivity contribution in [3.8, 4) is 5.75 Å². The third kappa shape index (κ3) is 5.03. The molecular weight excluding hydrogens is 236 g/mol. The predicted molar refractivity (Wildman–Crippen MR) is 80.1 cm³/mol. The first kappa shape index (κ1) is 14.1. The molecule has 1 aromatic rings. The largest absolute Gasteiger partial charge is 0.507 e. The van der Waals surface area contributed by atoms with Crippen molar-refractivity contribution in [3.05, 3.63) is 29.8 Å². The minimum absolute atomic E-state index is 0.298. The number of nitrogens with zero attached hydrogens (tertiary/aromatic N) is 1. The Hall–Kier alpha value is -1.35. The summed E-state index contributed by atoms with van der Waals surface area (Å²) in [6, 6.07) is 8.02. The number of phenols is 1. The standard InChI is InChI=1S/C16H24N2O/c19-16-10-5-4-7-14(16)13-17-11-6-12-18-15-8-2-1-3-9-15/h4-5,7,10,13,15,18-19H,1-3,6,8-9,11-12H2. The number of nitrogens with one attached hydrogen (secondary N) is 1. The second kappa shape index (κ2) is 7.95. The van der Waals surface area contributed by atoms with Crippen molar-refractivity contribution in [3.63, 3.8) is 0 Å². The summed E-state index contributed by atoms with van der Waals surface area (Å²) < 4.78 is 0. The van der Waals surface area contributed by atoms with Gasteiger partial charge in [-0.25, -0.2) is 0 Å². The summed E-state index contributed by atoms with van der Waals surface area (Å²) in [6.45, 7) is 1.86. The van der Waals surface area contributed by atoms with E-state index in [2.05, 4.69) is 10.3 Å². The molecule has 1 aliphatic rings. The lowest BCUT2D eigenvalue weighted by molar-refractivity contribution is 0.373. The first-order valence-electron chi connectivity index (χ1n) is 7.37. The van der Waals surface area contributed by atoms with Crippen molar-refractivity contribution in [2.75, 3.05) is 13.1 Å². The minimum atomic E-state index is 0.298. The van der Waals surface area contributed by atoms with Gasteiger partial charge >= 0.3 is 0 Å². The third-order valence-electron chi connectivity index (χ3n) is 3.67. The quantitative estimate of drug-likeness (QED) is 0.609. The van der Waals surface area contributed by atoms with Crippen LogP contribution < -0.4 is 5.32 Å². The Labute approximate surface area is 115 Å². The summed E-state index contributed by atoms with van der Waals surface area (Å²) in [5.41, 5.74) is 0.794. The molecule has 0 saturated heterocycles. The summed E-state index contributed by atoms with van der Waals surface area (Å²) in [5.74, 6) is 0.298. The lowest BCUT2D eigenvalue weighted by atomic mass is 9.95. The van der Waals surface area contributed by atoms with Crippen LogP contribution in [-0.4, -0.2) is 30.5 Å². The van der Waals surface area contributed by atoms with Crippen LogP contribution >= 0.6 is 0 Å². The van der Waals surface area contributed by atoms with E-state index in [1.807, 2.05) is 18.2 Å². The summed E-state index contributed by atoms with van der Waals surface area (Å²) in [7, 11) is 0. The molecule has 19 heavy (non-hydrogen) atoms. The average Bonchev–Trinajstić information content (AvgIpc) is 2.45. The molecule has 0 atom stereocenters. The molecule has 0 spiro atoms. The molecule has 0 heterocycles. The average molecular weight is 260 g/mol. The fourth-order valence-electron chi connectivity index (χ4n) is 2.54. The van der Waals surface area contributed by atoms with Crippen LogP contribution in [0.15, 0.2) is 29.3 Å². The highest BCUT2D eigenvalue weighted by Gasteiger charge is 2.11. The number of phenolic OH excluding ortho intramolecular Hbond substituents is 1. The molecule has 0 aromatic heterocycles. The van der Waals surface area contributed by atoms with Gasteiger partial charge in [0.25, 0.3) is 0 Å². The lowest BCUT2D eigenvalue weighted by Gasteiger charge is -2.22. The first-order valence-corrected chi connectivity index (χ1v) is 7.37. The van der Waals surface area contributed by atoms with Gasteiger partial charge in [-0.2, -0.15) is 0 Å². The van der Waals surface area contributed by atoms with Crippen molar-refractivity contribution >= 4 is 6.21 Å². The van der Waals surface area contributed by atoms with E-state index in [4.69, 9.17) is 0 Å². The van der Waals surface area contributed by atoms with E-state index >= 15 is 0 Å². The SMILES string of the molecule is Oc1ccccc1C=NCCCNC1CCCCC1. The Morgan fingerprint density at radius 1 is 1.21 bits per heavy atom. The molecule has 2 rings (SSSR count). The topological polar surface area (TPSA) is 44.6 Å². The first-order chi connectivity index (χ1) is 9.36. The maximum Gasteiger partial charge on any atom is 0.124 e. The van der Waals surface area contributed by atoms with Crippen LogP contribution in [0.3, 0.4) is 0 Å². The Morgan fingerprint density at radius 3 is 2.79 bits per heavy atom. The van der Waals surface area contributed by atoms with E-state index in [-0.39, 0.29) is 0 Å². The van der Waals surface area contributed by atoms with Crippen LogP contribution in [0.4, 0.5) is 0 Å². The number of aromatic hydroxyl groups is 1. The normalized spacial score (nSPS) is 17.1. The Bertz CT molecular complexity index is 397. The zero-order valence-corrected chi connectivity index (χ0v) is 11.5. The molecule has 2 N–H and O–H groups in total. The molecule has 0 aliphatic heterocycles. The van der Waals surface area contributed by atoms with Gasteiger partial charge in [0.1, 0.15) is 5.75 Å². The molecule has 1 aliphatic carbocycles. The Balaban J connectivity index is 1.60. The monoisotopic (exact) mass is 260 g/mol. The lowest BCUT2D eigenvalue weighted by Crippen LogP contribution is -2.31. The van der Waals surface area contributed by atoms with Gasteiger partial charge < -0.3 is 10.4 Å². The third-order valence-corrected chi connectivity index (χ3v) is 3.67. The highest BCUT2D eigenvalue weighted by molar-refractivity contribution is 5.83. The second-order valence-corrected chi connectivity index (χ2v) is 5.24. The van der Waals surface area contributed by atoms with Crippen molar-refractivity contribution < 1.29 is 5.11 Å². The maximum atomic E-state index is 9.58. The number of benzene rings is 1. The summed E-state index contributed by atoms with van der Waals surface area (Å²) in [6.07, 6.45) is 9.65. The molecule has 0 amide bonds. The van der Waals surface area contributed by atoms with Crippen molar-refractivity contribution in [2.45, 2.75) is 44.6 Å². The van der Waals surface area contributed by atoms with Crippen LogP contribution in [0.2, 0.25) is 0 Å². The van der Waals surface area contributed by atoms with Gasteiger partial charge in [-0.15, -0.1) is 0 Å². The molecule has 1 fully saturated rings. The number of para-hydroxylation sites is 1. The molecule has 0 unspecified atom stereocenters. The number of rotatable bonds is 6. The zero-order chi connectivity index (χ0) is 13.3. The van der Waals surface area contributed by atoms with Crippen LogP contribution in [0.25, 0.3) is 0 Å². The van der Waals surface area contributed by atoms with E-state index in [1.165, 1.54) is 32.1 Å². The maximum absolute atomic E-state index is 9.58. The smallest absolute Gasteiger partial charge is 0.124 e. The molecule has 104 valence electrons. The molecule has 0 radical (unpaired) electrons. The Kier molecular flexibility index (Phi) is 5.89. The number of hydrogen-bond acceptors (Lipinski definition) is 3. The van der Waals surface area contributed by atoms with Crippen molar-refractivity contribution in [2.24, 2.45) is 4.99 Å². The highest BCUT2D eigenvalue weighted by atomic mass is 16.3. The Morgan fingerprint density at radius 2 is 2.00 bits per heavy atom. The zero-order valence-electron chi connectivity index (χ0n) is 11.5. The second-order valence-electron chi connectivity index (χ2n) is 5.24. The minimum Gasteiger partial charge on any atom is -0.507 e. The van der Waals surface area contributed by atoms with E-state index in [0.29, 0.717) is 5.75 Å². The van der Waals surface area contributed by atoms with Gasteiger partial charge in [0.15, 0.2) is 0 Å². The fraction of sp³-hybridized carbons (Fsp3) is 0.562. The van der Waals surface area contributed by atoms with E-state index in [0.717, 1.165) is 31.1 Å². The van der Waals surface area contributed by atoms with Crippen molar-refractivity contribution in [1.82, 2.24) is 5.32 Å². The summed E-state index contributed by atoms with van der Waals surface area (Å²) in [5, 5.41) is 13.2. The van der Waals surface area contributed by atoms with E-state index in [1.54, 1.807) is 12.3 Å². The van der Waals surface area contributed by atoms with Gasteiger partial charge in [-0.1, -0.05) is 31.4 Å². The summed E-state index contributed by atoms with van der Waals surface area (Å²) in [4.78, 5) is 4.36.